The minimum atomic E-state index is 0.390. The zero-order valence-electron chi connectivity index (χ0n) is 8.60. The molecule has 0 heterocycles. The van der Waals surface area contributed by atoms with Gasteiger partial charge in [-0.2, -0.15) is 0 Å². The Morgan fingerprint density at radius 3 is 2.85 bits per heavy atom. The Morgan fingerprint density at radius 1 is 1.62 bits per heavy atom. The monoisotopic (exact) mass is 200 g/mol. The molecule has 0 bridgehead atoms. The molecular formula is C10H20N2S. The minimum Gasteiger partial charge on any atom is -0.309 e. The topological polar surface area (TPSA) is 35.9 Å². The van der Waals surface area contributed by atoms with Crippen molar-refractivity contribution >= 4 is 17.5 Å². The van der Waals surface area contributed by atoms with E-state index in [0.717, 1.165) is 30.3 Å². The van der Waals surface area contributed by atoms with Crippen molar-refractivity contribution in [3.8, 4) is 0 Å². The third-order valence-corrected chi connectivity index (χ3v) is 2.61. The van der Waals surface area contributed by atoms with Crippen LogP contribution in [0.25, 0.3) is 0 Å². The van der Waals surface area contributed by atoms with Crippen LogP contribution >= 0.6 is 11.8 Å². The smallest absolute Gasteiger partial charge is 0.0421 e. The number of nitrogens with one attached hydrogen (secondary N) is 2. The summed E-state index contributed by atoms with van der Waals surface area (Å²) in [4.78, 5) is 0. The van der Waals surface area contributed by atoms with Crippen molar-refractivity contribution in [1.29, 1.82) is 5.41 Å². The molecule has 0 aromatic carbocycles. The van der Waals surface area contributed by atoms with E-state index in [1.165, 1.54) is 0 Å². The van der Waals surface area contributed by atoms with E-state index >= 15 is 0 Å². The summed E-state index contributed by atoms with van der Waals surface area (Å²) in [6, 6.07) is 0. The SMILES string of the molecule is C=CCCNCSCC(=N)C(C)C. The van der Waals surface area contributed by atoms with Gasteiger partial charge in [-0.25, -0.2) is 0 Å². The van der Waals surface area contributed by atoms with E-state index in [0.29, 0.717) is 5.92 Å². The van der Waals surface area contributed by atoms with Crippen molar-refractivity contribution in [2.24, 2.45) is 5.92 Å². The Morgan fingerprint density at radius 2 is 2.31 bits per heavy atom. The largest absolute Gasteiger partial charge is 0.309 e. The van der Waals surface area contributed by atoms with Crippen LogP contribution < -0.4 is 5.32 Å². The highest BCUT2D eigenvalue weighted by Gasteiger charge is 2.01. The molecule has 0 rings (SSSR count). The normalized spacial score (nSPS) is 10.4. The van der Waals surface area contributed by atoms with E-state index in [1.807, 2.05) is 6.08 Å². The molecule has 0 saturated carbocycles. The van der Waals surface area contributed by atoms with Crippen LogP contribution in [0, 0.1) is 11.3 Å². The van der Waals surface area contributed by atoms with Gasteiger partial charge in [0.05, 0.1) is 0 Å². The molecule has 0 fully saturated rings. The van der Waals surface area contributed by atoms with Gasteiger partial charge in [0.25, 0.3) is 0 Å². The van der Waals surface area contributed by atoms with Crippen molar-refractivity contribution in [1.82, 2.24) is 5.32 Å². The molecule has 0 radical (unpaired) electrons. The minimum absolute atomic E-state index is 0.390. The van der Waals surface area contributed by atoms with Gasteiger partial charge in [0, 0.05) is 17.3 Å². The number of hydrogen-bond acceptors (Lipinski definition) is 3. The molecule has 0 aromatic heterocycles. The number of thioether (sulfide) groups is 1. The lowest BCUT2D eigenvalue weighted by Gasteiger charge is -2.07. The van der Waals surface area contributed by atoms with Crippen LogP contribution in [-0.2, 0) is 0 Å². The van der Waals surface area contributed by atoms with Crippen LogP contribution in [0.2, 0.25) is 0 Å². The third-order valence-electron chi connectivity index (χ3n) is 1.68. The molecule has 0 unspecified atom stereocenters. The molecule has 76 valence electrons. The van der Waals surface area contributed by atoms with Crippen LogP contribution in [0.5, 0.6) is 0 Å². The quantitative estimate of drug-likeness (QED) is 0.273. The number of rotatable bonds is 8. The van der Waals surface area contributed by atoms with Crippen LogP contribution in [0.3, 0.4) is 0 Å². The van der Waals surface area contributed by atoms with E-state index < -0.39 is 0 Å². The average molecular weight is 200 g/mol. The second-order valence-electron chi connectivity index (χ2n) is 3.25. The van der Waals surface area contributed by atoms with Crippen molar-refractivity contribution in [3.05, 3.63) is 12.7 Å². The molecule has 0 saturated heterocycles. The summed E-state index contributed by atoms with van der Waals surface area (Å²) in [7, 11) is 0. The van der Waals surface area contributed by atoms with Crippen molar-refractivity contribution < 1.29 is 0 Å². The summed E-state index contributed by atoms with van der Waals surface area (Å²) in [5.41, 5.74) is 0.829. The molecule has 0 amide bonds. The van der Waals surface area contributed by atoms with Gasteiger partial charge in [-0.15, -0.1) is 18.3 Å². The Balaban J connectivity index is 3.16. The summed E-state index contributed by atoms with van der Waals surface area (Å²) in [5.74, 6) is 2.17. The maximum absolute atomic E-state index is 7.60. The van der Waals surface area contributed by atoms with Gasteiger partial charge >= 0.3 is 0 Å². The van der Waals surface area contributed by atoms with E-state index in [-0.39, 0.29) is 0 Å². The fraction of sp³-hybridized carbons (Fsp3) is 0.700. The summed E-state index contributed by atoms with van der Waals surface area (Å²) >= 11 is 1.77. The molecule has 2 nitrogen and oxygen atoms in total. The van der Waals surface area contributed by atoms with E-state index in [2.05, 4.69) is 25.7 Å². The van der Waals surface area contributed by atoms with Gasteiger partial charge in [0.1, 0.15) is 0 Å². The fourth-order valence-corrected chi connectivity index (χ4v) is 1.62. The maximum Gasteiger partial charge on any atom is 0.0421 e. The molecule has 0 aliphatic carbocycles. The molecular weight excluding hydrogens is 180 g/mol. The predicted octanol–water partition coefficient (Wildman–Crippen LogP) is 2.52. The summed E-state index contributed by atoms with van der Waals surface area (Å²) < 4.78 is 0. The Labute approximate surface area is 85.7 Å². The molecule has 0 aliphatic heterocycles. The first-order valence-electron chi connectivity index (χ1n) is 4.65. The van der Waals surface area contributed by atoms with Gasteiger partial charge in [0.15, 0.2) is 0 Å². The van der Waals surface area contributed by atoms with E-state index in [4.69, 9.17) is 5.41 Å². The van der Waals surface area contributed by atoms with Crippen LogP contribution in [0.4, 0.5) is 0 Å². The molecule has 3 heteroatoms. The van der Waals surface area contributed by atoms with Crippen LogP contribution in [-0.4, -0.2) is 23.9 Å². The van der Waals surface area contributed by atoms with Gasteiger partial charge in [-0.1, -0.05) is 19.9 Å². The molecule has 13 heavy (non-hydrogen) atoms. The van der Waals surface area contributed by atoms with E-state index in [9.17, 15) is 0 Å². The van der Waals surface area contributed by atoms with Crippen molar-refractivity contribution in [2.75, 3.05) is 18.2 Å². The van der Waals surface area contributed by atoms with Crippen molar-refractivity contribution in [2.45, 2.75) is 20.3 Å². The second-order valence-corrected chi connectivity index (χ2v) is 4.24. The van der Waals surface area contributed by atoms with Crippen LogP contribution in [0.1, 0.15) is 20.3 Å². The first-order chi connectivity index (χ1) is 6.18. The van der Waals surface area contributed by atoms with E-state index in [1.54, 1.807) is 11.8 Å². The summed E-state index contributed by atoms with van der Waals surface area (Å²) in [6.07, 6.45) is 2.93. The highest BCUT2D eigenvalue weighted by molar-refractivity contribution is 7.99. The highest BCUT2D eigenvalue weighted by atomic mass is 32.2. The lowest BCUT2D eigenvalue weighted by Crippen LogP contribution is -2.16. The third kappa shape index (κ3) is 8.06. The molecule has 0 spiro atoms. The predicted molar refractivity (Wildman–Crippen MR) is 62.7 cm³/mol. The first kappa shape index (κ1) is 12.7. The van der Waals surface area contributed by atoms with Gasteiger partial charge in [-0.3, -0.25) is 0 Å². The van der Waals surface area contributed by atoms with Crippen molar-refractivity contribution in [3.63, 3.8) is 0 Å². The Hall–Kier alpha value is -0.280. The van der Waals surface area contributed by atoms with Gasteiger partial charge in [0.2, 0.25) is 0 Å². The van der Waals surface area contributed by atoms with Gasteiger partial charge in [-0.05, 0) is 18.9 Å². The summed E-state index contributed by atoms with van der Waals surface area (Å²) in [6.45, 7) is 8.77. The average Bonchev–Trinajstić information content (AvgIpc) is 2.10. The summed E-state index contributed by atoms with van der Waals surface area (Å²) in [5, 5.41) is 10.9. The lowest BCUT2D eigenvalue weighted by molar-refractivity contribution is 0.789. The molecule has 2 N–H and O–H groups in total. The molecule has 0 aromatic rings. The Bertz CT molecular complexity index is 155. The molecule has 0 aliphatic rings. The lowest BCUT2D eigenvalue weighted by atomic mass is 10.1. The number of hydrogen-bond donors (Lipinski definition) is 2. The fourth-order valence-electron chi connectivity index (χ4n) is 0.676. The zero-order chi connectivity index (χ0) is 10.1. The second kappa shape index (κ2) is 8.32. The first-order valence-corrected chi connectivity index (χ1v) is 5.80. The zero-order valence-corrected chi connectivity index (χ0v) is 9.41. The van der Waals surface area contributed by atoms with Gasteiger partial charge < -0.3 is 10.7 Å². The highest BCUT2D eigenvalue weighted by Crippen LogP contribution is 2.03. The van der Waals surface area contributed by atoms with Crippen LogP contribution in [0.15, 0.2) is 12.7 Å². The molecule has 0 atom stereocenters. The standard InChI is InChI=1S/C10H20N2S/c1-4-5-6-12-8-13-7-10(11)9(2)3/h4,9,11-12H,1,5-8H2,2-3H3. The maximum atomic E-state index is 7.60. The Kier molecular flexibility index (Phi) is 8.14.